The monoisotopic (exact) mass is 287 g/mol. The van der Waals surface area contributed by atoms with Crippen LogP contribution in [-0.4, -0.2) is 17.4 Å². The molecular weight excluding hydrogens is 269 g/mol. The maximum Gasteiger partial charge on any atom is 0.258 e. The summed E-state index contributed by atoms with van der Waals surface area (Å²) in [6.45, 7) is 6.25. The van der Waals surface area contributed by atoms with E-state index in [-0.39, 0.29) is 11.4 Å². The normalized spacial score (nSPS) is 10.3. The van der Waals surface area contributed by atoms with Gasteiger partial charge < -0.3 is 10.6 Å². The first-order valence-corrected chi connectivity index (χ1v) is 6.80. The van der Waals surface area contributed by atoms with Crippen LogP contribution in [0.15, 0.2) is 30.5 Å². The van der Waals surface area contributed by atoms with E-state index >= 15 is 0 Å². The van der Waals surface area contributed by atoms with Crippen molar-refractivity contribution in [3.63, 3.8) is 0 Å². The molecule has 0 spiro atoms. The number of pyridine rings is 1. The molecule has 0 unspecified atom stereocenters. The van der Waals surface area contributed by atoms with E-state index in [1.165, 1.54) is 12.3 Å². The average molecular weight is 287 g/mol. The van der Waals surface area contributed by atoms with Crippen molar-refractivity contribution in [2.24, 2.45) is 0 Å². The summed E-state index contributed by atoms with van der Waals surface area (Å²) in [6, 6.07) is 6.98. The Labute approximate surface area is 123 Å². The van der Waals surface area contributed by atoms with Crippen LogP contribution >= 0.6 is 0 Å². The minimum atomic E-state index is -0.637. The predicted molar refractivity (Wildman–Crippen MR) is 82.2 cm³/mol. The second kappa shape index (κ2) is 6.35. The fourth-order valence-electron chi connectivity index (χ4n) is 1.99. The van der Waals surface area contributed by atoms with Gasteiger partial charge in [-0.3, -0.25) is 4.79 Å². The summed E-state index contributed by atoms with van der Waals surface area (Å²) in [6.07, 6.45) is 1.42. The van der Waals surface area contributed by atoms with Crippen LogP contribution in [0.3, 0.4) is 0 Å². The van der Waals surface area contributed by atoms with Crippen LogP contribution in [0.2, 0.25) is 0 Å². The zero-order valence-electron chi connectivity index (χ0n) is 12.3. The molecule has 0 bridgehead atoms. The highest BCUT2D eigenvalue weighted by Gasteiger charge is 2.16. The standard InChI is InChI=1S/C16H18FN3O/c1-4-18-15-14(17)12(8-9-19-15)16(21)20-13-7-5-6-10(2)11(13)3/h5-9H,4H2,1-3H3,(H,18,19)(H,20,21). The molecule has 5 heteroatoms. The molecule has 2 N–H and O–H groups in total. The summed E-state index contributed by atoms with van der Waals surface area (Å²) in [4.78, 5) is 16.1. The van der Waals surface area contributed by atoms with Crippen molar-refractivity contribution in [2.45, 2.75) is 20.8 Å². The molecule has 0 aliphatic carbocycles. The van der Waals surface area contributed by atoms with Crippen LogP contribution in [0.5, 0.6) is 0 Å². The van der Waals surface area contributed by atoms with E-state index in [0.717, 1.165) is 11.1 Å². The minimum Gasteiger partial charge on any atom is -0.368 e. The number of halogens is 1. The Hall–Kier alpha value is -2.43. The molecule has 1 heterocycles. The summed E-state index contributed by atoms with van der Waals surface area (Å²) < 4.78 is 14.2. The van der Waals surface area contributed by atoms with Crippen molar-refractivity contribution < 1.29 is 9.18 Å². The molecule has 21 heavy (non-hydrogen) atoms. The van der Waals surface area contributed by atoms with Crippen molar-refractivity contribution >= 4 is 17.4 Å². The van der Waals surface area contributed by atoms with Crippen molar-refractivity contribution in [3.05, 3.63) is 53.0 Å². The van der Waals surface area contributed by atoms with Gasteiger partial charge in [-0.25, -0.2) is 9.37 Å². The van der Waals surface area contributed by atoms with Crippen molar-refractivity contribution in [2.75, 3.05) is 17.2 Å². The predicted octanol–water partition coefficient (Wildman–Crippen LogP) is 3.52. The van der Waals surface area contributed by atoms with Gasteiger partial charge in [0.1, 0.15) is 0 Å². The summed E-state index contributed by atoms with van der Waals surface area (Å²) in [5.41, 5.74) is 2.69. The number of aromatic nitrogens is 1. The highest BCUT2D eigenvalue weighted by atomic mass is 19.1. The molecule has 2 rings (SSSR count). The third-order valence-electron chi connectivity index (χ3n) is 3.33. The number of nitrogens with zero attached hydrogens (tertiary/aromatic N) is 1. The largest absolute Gasteiger partial charge is 0.368 e. The van der Waals surface area contributed by atoms with Gasteiger partial charge >= 0.3 is 0 Å². The lowest BCUT2D eigenvalue weighted by Crippen LogP contribution is -2.16. The Morgan fingerprint density at radius 1 is 1.29 bits per heavy atom. The van der Waals surface area contributed by atoms with Gasteiger partial charge in [0.2, 0.25) is 0 Å². The molecule has 0 aliphatic heterocycles. The molecule has 4 nitrogen and oxygen atoms in total. The molecule has 0 saturated heterocycles. The van der Waals surface area contributed by atoms with Gasteiger partial charge in [0.05, 0.1) is 5.56 Å². The van der Waals surface area contributed by atoms with Gasteiger partial charge in [0.15, 0.2) is 11.6 Å². The average Bonchev–Trinajstić information content (AvgIpc) is 2.46. The number of amides is 1. The number of hydrogen-bond donors (Lipinski definition) is 2. The van der Waals surface area contributed by atoms with Gasteiger partial charge in [0.25, 0.3) is 5.91 Å². The second-order valence-electron chi connectivity index (χ2n) is 4.75. The summed E-state index contributed by atoms with van der Waals surface area (Å²) >= 11 is 0. The molecule has 0 atom stereocenters. The molecule has 1 amide bonds. The third kappa shape index (κ3) is 3.18. The first-order chi connectivity index (χ1) is 10.0. The number of aryl methyl sites for hydroxylation is 1. The first-order valence-electron chi connectivity index (χ1n) is 6.80. The van der Waals surface area contributed by atoms with Gasteiger partial charge in [-0.1, -0.05) is 12.1 Å². The molecule has 110 valence electrons. The summed E-state index contributed by atoms with van der Waals surface area (Å²) in [5.74, 6) is -1.03. The molecule has 2 aromatic rings. The summed E-state index contributed by atoms with van der Waals surface area (Å²) in [7, 11) is 0. The van der Waals surface area contributed by atoms with E-state index in [1.54, 1.807) is 6.07 Å². The van der Waals surface area contributed by atoms with Crippen LogP contribution in [0.25, 0.3) is 0 Å². The van der Waals surface area contributed by atoms with Crippen LogP contribution in [0, 0.1) is 19.7 Å². The Balaban J connectivity index is 2.29. The lowest BCUT2D eigenvalue weighted by molar-refractivity contribution is 0.102. The number of nitrogens with one attached hydrogen (secondary N) is 2. The van der Waals surface area contributed by atoms with Crippen molar-refractivity contribution in [3.8, 4) is 0 Å². The highest BCUT2D eigenvalue weighted by Crippen LogP contribution is 2.21. The molecule has 0 aliphatic rings. The lowest BCUT2D eigenvalue weighted by atomic mass is 10.1. The second-order valence-corrected chi connectivity index (χ2v) is 4.75. The number of benzene rings is 1. The smallest absolute Gasteiger partial charge is 0.258 e. The quantitative estimate of drug-likeness (QED) is 0.904. The van der Waals surface area contributed by atoms with E-state index in [1.807, 2.05) is 32.9 Å². The molecule has 0 fully saturated rings. The third-order valence-corrected chi connectivity index (χ3v) is 3.33. The number of hydrogen-bond acceptors (Lipinski definition) is 3. The Morgan fingerprint density at radius 3 is 2.76 bits per heavy atom. The van der Waals surface area contributed by atoms with Gasteiger partial charge in [-0.15, -0.1) is 0 Å². The van der Waals surface area contributed by atoms with E-state index in [4.69, 9.17) is 0 Å². The topological polar surface area (TPSA) is 54.0 Å². The maximum atomic E-state index is 14.2. The highest BCUT2D eigenvalue weighted by molar-refractivity contribution is 6.05. The Kier molecular flexibility index (Phi) is 4.52. The van der Waals surface area contributed by atoms with E-state index in [2.05, 4.69) is 15.6 Å². The summed E-state index contributed by atoms with van der Waals surface area (Å²) in [5, 5.41) is 5.53. The molecule has 1 aromatic heterocycles. The fourth-order valence-corrected chi connectivity index (χ4v) is 1.99. The van der Waals surface area contributed by atoms with Crippen molar-refractivity contribution in [1.29, 1.82) is 0 Å². The van der Waals surface area contributed by atoms with Gasteiger partial charge in [-0.05, 0) is 44.0 Å². The number of anilines is 2. The van der Waals surface area contributed by atoms with E-state index in [0.29, 0.717) is 12.2 Å². The van der Waals surface area contributed by atoms with Crippen molar-refractivity contribution in [1.82, 2.24) is 4.98 Å². The SMILES string of the molecule is CCNc1nccc(C(=O)Nc2cccc(C)c2C)c1F. The van der Waals surface area contributed by atoms with Crippen LogP contribution < -0.4 is 10.6 Å². The van der Waals surface area contributed by atoms with Crippen LogP contribution in [-0.2, 0) is 0 Å². The molecule has 1 aromatic carbocycles. The van der Waals surface area contributed by atoms with Crippen LogP contribution in [0.4, 0.5) is 15.9 Å². The van der Waals surface area contributed by atoms with Gasteiger partial charge in [0, 0.05) is 18.4 Å². The number of carbonyl (C=O) groups is 1. The Bertz CT molecular complexity index is 671. The minimum absolute atomic E-state index is 0.0261. The maximum absolute atomic E-state index is 14.2. The van der Waals surface area contributed by atoms with E-state index in [9.17, 15) is 9.18 Å². The number of carbonyl (C=O) groups excluding carboxylic acids is 1. The van der Waals surface area contributed by atoms with Crippen LogP contribution in [0.1, 0.15) is 28.4 Å². The zero-order valence-corrected chi connectivity index (χ0v) is 12.3. The molecular formula is C16H18FN3O. The molecule has 0 radical (unpaired) electrons. The fraction of sp³-hybridized carbons (Fsp3) is 0.250. The van der Waals surface area contributed by atoms with Gasteiger partial charge in [-0.2, -0.15) is 0 Å². The van der Waals surface area contributed by atoms with E-state index < -0.39 is 11.7 Å². The lowest BCUT2D eigenvalue weighted by Gasteiger charge is -2.12. The molecule has 0 saturated carbocycles. The first kappa shape index (κ1) is 15.0. The Morgan fingerprint density at radius 2 is 2.05 bits per heavy atom. The number of rotatable bonds is 4. The zero-order chi connectivity index (χ0) is 15.4.